The van der Waals surface area contributed by atoms with Gasteiger partial charge in [0.25, 0.3) is 0 Å². The van der Waals surface area contributed by atoms with E-state index in [9.17, 15) is 4.79 Å². The molecule has 190 valence electrons. The van der Waals surface area contributed by atoms with E-state index in [0.717, 1.165) is 31.4 Å². The molecule has 2 heterocycles. The van der Waals surface area contributed by atoms with Crippen LogP contribution in [0.25, 0.3) is 0 Å². The highest BCUT2D eigenvalue weighted by Gasteiger charge is 2.23. The van der Waals surface area contributed by atoms with Crippen molar-refractivity contribution in [1.82, 2.24) is 14.8 Å². The average Bonchev–Trinajstić information content (AvgIpc) is 2.88. The molecule has 0 aliphatic carbocycles. The van der Waals surface area contributed by atoms with Gasteiger partial charge in [0.05, 0.1) is 13.2 Å². The summed E-state index contributed by atoms with van der Waals surface area (Å²) in [4.78, 5) is 21.7. The number of benzene rings is 2. The minimum atomic E-state index is -0.00553. The van der Waals surface area contributed by atoms with Crippen molar-refractivity contribution < 1.29 is 14.3 Å². The summed E-state index contributed by atoms with van der Waals surface area (Å²) in [5, 5.41) is 0. The van der Waals surface area contributed by atoms with Gasteiger partial charge in [-0.3, -0.25) is 9.69 Å². The Morgan fingerprint density at radius 2 is 1.78 bits per heavy atom. The predicted molar refractivity (Wildman–Crippen MR) is 142 cm³/mol. The molecule has 4 rings (SSSR count). The van der Waals surface area contributed by atoms with Crippen LogP contribution in [0.3, 0.4) is 0 Å². The SMILES string of the molecule is CN(CCc1ccccc1)C(=O)CN1CCCC(C)(C)COc2ccccc2Oc2ncccc2C1. The maximum absolute atomic E-state index is 13.2. The molecule has 0 atom stereocenters. The molecule has 0 N–H and O–H groups in total. The topological polar surface area (TPSA) is 54.9 Å². The molecule has 0 saturated carbocycles. The number of carbonyl (C=O) groups is 1. The summed E-state index contributed by atoms with van der Waals surface area (Å²) in [7, 11) is 1.89. The van der Waals surface area contributed by atoms with Crippen molar-refractivity contribution in [3.63, 3.8) is 0 Å². The molecule has 3 aromatic rings. The van der Waals surface area contributed by atoms with Gasteiger partial charge in [0, 0.05) is 31.9 Å². The number of aromatic nitrogens is 1. The quantitative estimate of drug-likeness (QED) is 0.471. The summed E-state index contributed by atoms with van der Waals surface area (Å²) in [5.74, 6) is 2.03. The lowest BCUT2D eigenvalue weighted by atomic mass is 9.88. The third-order valence-electron chi connectivity index (χ3n) is 6.61. The number of carbonyl (C=O) groups excluding carboxylic acids is 1. The zero-order valence-electron chi connectivity index (χ0n) is 21.7. The van der Waals surface area contributed by atoms with Crippen LogP contribution in [0.4, 0.5) is 0 Å². The fourth-order valence-electron chi connectivity index (χ4n) is 4.35. The molecule has 1 amide bonds. The third-order valence-corrected chi connectivity index (χ3v) is 6.61. The second kappa shape index (κ2) is 12.0. The molecule has 0 radical (unpaired) electrons. The first-order chi connectivity index (χ1) is 17.4. The van der Waals surface area contributed by atoms with Gasteiger partial charge >= 0.3 is 0 Å². The predicted octanol–water partition coefficient (Wildman–Crippen LogP) is 5.58. The highest BCUT2D eigenvalue weighted by molar-refractivity contribution is 5.78. The maximum Gasteiger partial charge on any atom is 0.236 e. The van der Waals surface area contributed by atoms with Gasteiger partial charge in [-0.15, -0.1) is 0 Å². The third kappa shape index (κ3) is 7.31. The molecule has 0 fully saturated rings. The van der Waals surface area contributed by atoms with E-state index in [2.05, 4.69) is 35.9 Å². The van der Waals surface area contributed by atoms with Gasteiger partial charge in [0.15, 0.2) is 11.5 Å². The lowest BCUT2D eigenvalue weighted by Crippen LogP contribution is -2.39. The van der Waals surface area contributed by atoms with Crippen molar-refractivity contribution in [2.75, 3.05) is 33.3 Å². The lowest BCUT2D eigenvalue weighted by Gasteiger charge is -2.28. The minimum Gasteiger partial charge on any atom is -0.489 e. The fourth-order valence-corrected chi connectivity index (χ4v) is 4.35. The van der Waals surface area contributed by atoms with Crippen LogP contribution in [0.1, 0.15) is 37.8 Å². The highest BCUT2D eigenvalue weighted by Crippen LogP contribution is 2.34. The molecule has 1 aromatic heterocycles. The number of hydrogen-bond acceptors (Lipinski definition) is 5. The van der Waals surface area contributed by atoms with E-state index in [-0.39, 0.29) is 11.3 Å². The van der Waals surface area contributed by atoms with Gasteiger partial charge in [-0.25, -0.2) is 4.98 Å². The number of rotatable bonds is 5. The van der Waals surface area contributed by atoms with E-state index in [1.807, 2.05) is 66.5 Å². The van der Waals surface area contributed by atoms with E-state index in [1.165, 1.54) is 5.56 Å². The Kier molecular flexibility index (Phi) is 8.60. The number of amides is 1. The van der Waals surface area contributed by atoms with Gasteiger partial charge in [-0.2, -0.15) is 0 Å². The Bertz CT molecular complexity index is 1130. The molecule has 6 heteroatoms. The summed E-state index contributed by atoms with van der Waals surface area (Å²) in [5.41, 5.74) is 2.18. The Morgan fingerprint density at radius 1 is 1.03 bits per heavy atom. The molecule has 0 bridgehead atoms. The Labute approximate surface area is 214 Å². The van der Waals surface area contributed by atoms with Crippen molar-refractivity contribution in [2.24, 2.45) is 5.41 Å². The number of ether oxygens (including phenoxy) is 2. The Morgan fingerprint density at radius 3 is 2.58 bits per heavy atom. The van der Waals surface area contributed by atoms with Crippen LogP contribution in [0, 0.1) is 5.41 Å². The number of nitrogens with zero attached hydrogens (tertiary/aromatic N) is 3. The van der Waals surface area contributed by atoms with Crippen molar-refractivity contribution in [1.29, 1.82) is 0 Å². The molecule has 2 aromatic carbocycles. The van der Waals surface area contributed by atoms with Gasteiger partial charge in [0.1, 0.15) is 0 Å². The number of para-hydroxylation sites is 2. The summed E-state index contributed by atoms with van der Waals surface area (Å²) in [6, 6.07) is 22.0. The first-order valence-electron chi connectivity index (χ1n) is 12.7. The molecular weight excluding hydrogens is 450 g/mol. The molecule has 36 heavy (non-hydrogen) atoms. The van der Waals surface area contributed by atoms with Gasteiger partial charge < -0.3 is 14.4 Å². The van der Waals surface area contributed by atoms with Gasteiger partial charge in [0.2, 0.25) is 11.8 Å². The Balaban J connectivity index is 1.51. The molecular formula is C30H37N3O3. The molecule has 6 nitrogen and oxygen atoms in total. The normalized spacial score (nSPS) is 16.1. The molecule has 0 unspecified atom stereocenters. The highest BCUT2D eigenvalue weighted by atomic mass is 16.5. The van der Waals surface area contributed by atoms with Gasteiger partial charge in [-0.05, 0) is 55.0 Å². The standard InChI is InChI=1S/C30H37N3O3/c1-30(2)17-10-19-33(22-28(34)32(3)20-16-24-11-5-4-6-12-24)21-25-13-9-18-31-29(25)36-27-15-8-7-14-26(27)35-23-30/h4-9,11-15,18H,10,16-17,19-23H2,1-3H3. The van der Waals surface area contributed by atoms with Crippen LogP contribution >= 0.6 is 0 Å². The first-order valence-corrected chi connectivity index (χ1v) is 12.7. The molecule has 1 aliphatic rings. The van der Waals surface area contributed by atoms with Crippen molar-refractivity contribution in [2.45, 2.75) is 39.7 Å². The van der Waals surface area contributed by atoms with Crippen molar-refractivity contribution in [3.05, 3.63) is 84.1 Å². The minimum absolute atomic E-state index is 0.00553. The summed E-state index contributed by atoms with van der Waals surface area (Å²) < 4.78 is 12.4. The van der Waals surface area contributed by atoms with Gasteiger partial charge in [-0.1, -0.05) is 62.4 Å². The van der Waals surface area contributed by atoms with E-state index in [0.29, 0.717) is 43.6 Å². The number of fused-ring (bicyclic) bond motifs is 2. The van der Waals surface area contributed by atoms with Crippen LogP contribution in [0.15, 0.2) is 72.9 Å². The Hall–Kier alpha value is -3.38. The first kappa shape index (κ1) is 25.7. The van der Waals surface area contributed by atoms with Crippen LogP contribution in [0.2, 0.25) is 0 Å². The van der Waals surface area contributed by atoms with E-state index in [4.69, 9.17) is 9.47 Å². The zero-order valence-corrected chi connectivity index (χ0v) is 21.7. The number of hydrogen-bond donors (Lipinski definition) is 0. The smallest absolute Gasteiger partial charge is 0.236 e. The largest absolute Gasteiger partial charge is 0.489 e. The number of likely N-dealkylation sites (N-methyl/N-ethyl adjacent to an activating group) is 1. The summed E-state index contributed by atoms with van der Waals surface area (Å²) in [6.45, 7) is 7.47. The second-order valence-electron chi connectivity index (χ2n) is 10.3. The van der Waals surface area contributed by atoms with Crippen LogP contribution in [0.5, 0.6) is 17.4 Å². The molecule has 0 saturated heterocycles. The lowest BCUT2D eigenvalue weighted by molar-refractivity contribution is -0.131. The summed E-state index contributed by atoms with van der Waals surface area (Å²) in [6.07, 6.45) is 4.54. The van der Waals surface area contributed by atoms with Crippen LogP contribution < -0.4 is 9.47 Å². The molecule has 0 spiro atoms. The molecule has 1 aliphatic heterocycles. The zero-order chi connectivity index (χ0) is 25.4. The number of pyridine rings is 1. The van der Waals surface area contributed by atoms with Crippen LogP contribution in [-0.2, 0) is 17.8 Å². The van der Waals surface area contributed by atoms with Crippen molar-refractivity contribution in [3.8, 4) is 17.4 Å². The monoisotopic (exact) mass is 487 g/mol. The average molecular weight is 488 g/mol. The fraction of sp³-hybridized carbons (Fsp3) is 0.400. The van der Waals surface area contributed by atoms with E-state index >= 15 is 0 Å². The van der Waals surface area contributed by atoms with E-state index in [1.54, 1.807) is 6.20 Å². The second-order valence-corrected chi connectivity index (χ2v) is 10.3. The maximum atomic E-state index is 13.2. The summed E-state index contributed by atoms with van der Waals surface area (Å²) >= 11 is 0. The van der Waals surface area contributed by atoms with Crippen LogP contribution in [-0.4, -0.2) is 54.0 Å². The van der Waals surface area contributed by atoms with E-state index < -0.39 is 0 Å². The van der Waals surface area contributed by atoms with Crippen molar-refractivity contribution >= 4 is 5.91 Å².